The van der Waals surface area contributed by atoms with Crippen molar-refractivity contribution < 1.29 is 19.0 Å². The van der Waals surface area contributed by atoms with E-state index in [9.17, 15) is 4.79 Å². The highest BCUT2D eigenvalue weighted by Crippen LogP contribution is 2.31. The molecule has 4 nitrogen and oxygen atoms in total. The largest absolute Gasteiger partial charge is 0.328 e. The molecule has 0 N–H and O–H groups in total. The lowest BCUT2D eigenvalue weighted by atomic mass is 9.83. The first kappa shape index (κ1) is 18.6. The van der Waals surface area contributed by atoms with Crippen LogP contribution in [0.3, 0.4) is 0 Å². The van der Waals surface area contributed by atoms with Crippen LogP contribution in [-0.4, -0.2) is 32.1 Å². The van der Waals surface area contributed by atoms with Crippen LogP contribution in [0.2, 0.25) is 0 Å². The Kier molecular flexibility index (Phi) is 9.23. The number of aldehydes is 1. The first-order chi connectivity index (χ1) is 8.96. The third-order valence-corrected chi connectivity index (χ3v) is 3.25. The molecule has 0 aliphatic carbocycles. The van der Waals surface area contributed by atoms with Gasteiger partial charge in [-0.05, 0) is 32.6 Å². The molecular formula is C15H30O4. The van der Waals surface area contributed by atoms with Crippen molar-refractivity contribution in [1.29, 1.82) is 0 Å². The Hall–Kier alpha value is -0.450. The van der Waals surface area contributed by atoms with Gasteiger partial charge in [-0.1, -0.05) is 20.8 Å². The fraction of sp³-hybridized carbons (Fsp3) is 0.933. The molecule has 0 bridgehead atoms. The number of carbonyl (C=O) groups is 1. The third-order valence-electron chi connectivity index (χ3n) is 3.25. The van der Waals surface area contributed by atoms with Gasteiger partial charge in [-0.2, -0.15) is 0 Å². The molecule has 0 saturated heterocycles. The quantitative estimate of drug-likeness (QED) is 0.428. The van der Waals surface area contributed by atoms with Gasteiger partial charge in [0.05, 0.1) is 0 Å². The molecule has 0 heterocycles. The maximum absolute atomic E-state index is 11.2. The van der Waals surface area contributed by atoms with Crippen molar-refractivity contribution in [1.82, 2.24) is 0 Å². The van der Waals surface area contributed by atoms with E-state index in [1.54, 1.807) is 0 Å². The second kappa shape index (κ2) is 9.45. The Morgan fingerprint density at radius 3 is 1.63 bits per heavy atom. The summed E-state index contributed by atoms with van der Waals surface area (Å²) in [5, 5.41) is 0. The number of carbonyl (C=O) groups excluding carboxylic acids is 1. The van der Waals surface area contributed by atoms with E-state index in [0.29, 0.717) is 32.2 Å². The molecule has 0 saturated carbocycles. The van der Waals surface area contributed by atoms with E-state index in [-0.39, 0.29) is 11.8 Å². The minimum absolute atomic E-state index is 0.0132. The summed E-state index contributed by atoms with van der Waals surface area (Å²) in [6.45, 7) is 13.4. The monoisotopic (exact) mass is 274 g/mol. The summed E-state index contributed by atoms with van der Waals surface area (Å²) < 4.78 is 17.1. The van der Waals surface area contributed by atoms with Crippen LogP contribution in [0.4, 0.5) is 0 Å². The molecule has 0 spiro atoms. The summed E-state index contributed by atoms with van der Waals surface area (Å²) in [6, 6.07) is 0. The van der Waals surface area contributed by atoms with Crippen molar-refractivity contribution in [3.8, 4) is 0 Å². The van der Waals surface area contributed by atoms with Gasteiger partial charge in [0.2, 0.25) is 0 Å². The fourth-order valence-electron chi connectivity index (χ4n) is 2.44. The number of hydrogen-bond donors (Lipinski definition) is 0. The lowest BCUT2D eigenvalue weighted by molar-refractivity contribution is -0.384. The van der Waals surface area contributed by atoms with E-state index in [1.165, 1.54) is 0 Å². The highest BCUT2D eigenvalue weighted by atomic mass is 16.9. The Balaban J connectivity index is 4.90. The lowest BCUT2D eigenvalue weighted by Gasteiger charge is -2.36. The van der Waals surface area contributed by atoms with Crippen molar-refractivity contribution >= 4 is 6.29 Å². The van der Waals surface area contributed by atoms with Crippen molar-refractivity contribution in [2.24, 2.45) is 17.8 Å². The average molecular weight is 274 g/mol. The van der Waals surface area contributed by atoms with Gasteiger partial charge in [0.1, 0.15) is 6.29 Å². The summed E-state index contributed by atoms with van der Waals surface area (Å²) in [5.74, 6) is -0.591. The Morgan fingerprint density at radius 2 is 1.37 bits per heavy atom. The van der Waals surface area contributed by atoms with E-state index in [0.717, 1.165) is 6.29 Å². The first-order valence-electron chi connectivity index (χ1n) is 7.33. The molecule has 2 atom stereocenters. The van der Waals surface area contributed by atoms with Gasteiger partial charge in [-0.25, -0.2) is 0 Å². The van der Waals surface area contributed by atoms with Crippen LogP contribution in [0.25, 0.3) is 0 Å². The van der Waals surface area contributed by atoms with Crippen molar-refractivity contribution in [2.75, 3.05) is 19.8 Å². The van der Waals surface area contributed by atoms with Gasteiger partial charge in [-0.15, -0.1) is 0 Å². The normalized spacial score (nSPS) is 15.5. The smallest absolute Gasteiger partial charge is 0.283 e. The zero-order chi connectivity index (χ0) is 14.9. The maximum Gasteiger partial charge on any atom is 0.283 e. The minimum Gasteiger partial charge on any atom is -0.328 e. The number of hydrogen-bond acceptors (Lipinski definition) is 4. The van der Waals surface area contributed by atoms with Crippen LogP contribution in [0.1, 0.15) is 48.0 Å². The first-order valence-corrected chi connectivity index (χ1v) is 7.33. The van der Waals surface area contributed by atoms with Crippen LogP contribution in [0, 0.1) is 17.8 Å². The second-order valence-corrected chi connectivity index (χ2v) is 5.12. The molecule has 0 aromatic heterocycles. The van der Waals surface area contributed by atoms with Crippen LogP contribution in [0.5, 0.6) is 0 Å². The molecule has 0 fully saturated rings. The second-order valence-electron chi connectivity index (χ2n) is 5.12. The zero-order valence-electron chi connectivity index (χ0n) is 13.3. The number of ether oxygens (including phenoxy) is 3. The summed E-state index contributed by atoms with van der Waals surface area (Å²) in [4.78, 5) is 11.2. The van der Waals surface area contributed by atoms with Crippen molar-refractivity contribution in [2.45, 2.75) is 53.9 Å². The van der Waals surface area contributed by atoms with Gasteiger partial charge >= 0.3 is 0 Å². The topological polar surface area (TPSA) is 44.8 Å². The van der Waals surface area contributed by atoms with Crippen LogP contribution < -0.4 is 0 Å². The highest BCUT2D eigenvalue weighted by Gasteiger charge is 2.37. The predicted molar refractivity (Wildman–Crippen MR) is 75.8 cm³/mol. The molecule has 0 aliphatic heterocycles. The number of rotatable bonds is 11. The van der Waals surface area contributed by atoms with Crippen molar-refractivity contribution in [3.05, 3.63) is 0 Å². The summed E-state index contributed by atoms with van der Waals surface area (Å²) >= 11 is 0. The van der Waals surface area contributed by atoms with Gasteiger partial charge in [-0.3, -0.25) is 0 Å². The summed E-state index contributed by atoms with van der Waals surface area (Å²) in [6.07, 6.45) is 1.59. The van der Waals surface area contributed by atoms with Gasteiger partial charge in [0, 0.05) is 32.2 Å². The van der Waals surface area contributed by atoms with Crippen LogP contribution >= 0.6 is 0 Å². The molecule has 0 amide bonds. The van der Waals surface area contributed by atoms with E-state index in [2.05, 4.69) is 13.8 Å². The molecule has 0 rings (SSSR count). The van der Waals surface area contributed by atoms with E-state index >= 15 is 0 Å². The molecule has 114 valence electrons. The third kappa shape index (κ3) is 6.02. The van der Waals surface area contributed by atoms with E-state index < -0.39 is 5.97 Å². The van der Waals surface area contributed by atoms with Crippen LogP contribution in [0.15, 0.2) is 0 Å². The Labute approximate surface area is 117 Å². The average Bonchev–Trinajstić information content (AvgIpc) is 2.30. The molecule has 19 heavy (non-hydrogen) atoms. The molecule has 0 aromatic rings. The molecular weight excluding hydrogens is 244 g/mol. The maximum atomic E-state index is 11.2. The van der Waals surface area contributed by atoms with E-state index in [1.807, 2.05) is 27.7 Å². The molecule has 4 heteroatoms. The van der Waals surface area contributed by atoms with Crippen molar-refractivity contribution in [3.63, 3.8) is 0 Å². The molecule has 2 unspecified atom stereocenters. The molecule has 0 radical (unpaired) electrons. The predicted octanol–water partition coefficient (Wildman–Crippen LogP) is 3.25. The fourth-order valence-corrected chi connectivity index (χ4v) is 2.44. The van der Waals surface area contributed by atoms with Crippen LogP contribution in [-0.2, 0) is 19.0 Å². The van der Waals surface area contributed by atoms with Gasteiger partial charge in [0.25, 0.3) is 5.97 Å². The Bertz CT molecular complexity index is 223. The van der Waals surface area contributed by atoms with E-state index in [4.69, 9.17) is 14.2 Å². The minimum atomic E-state index is -1.02. The molecule has 0 aliphatic rings. The zero-order valence-corrected chi connectivity index (χ0v) is 13.3. The summed E-state index contributed by atoms with van der Waals surface area (Å²) in [5.41, 5.74) is 0. The standard InChI is InChI=1S/C15H30O4/c1-7-17-15(18-8-2,19-9-3)10-13(6)14(11-16)12(4)5/h11-14H,7-10H2,1-6H3. The Morgan fingerprint density at radius 1 is 0.947 bits per heavy atom. The van der Waals surface area contributed by atoms with Gasteiger partial charge in [0.15, 0.2) is 0 Å². The highest BCUT2D eigenvalue weighted by molar-refractivity contribution is 5.54. The van der Waals surface area contributed by atoms with Gasteiger partial charge < -0.3 is 19.0 Å². The lowest BCUT2D eigenvalue weighted by Crippen LogP contribution is -2.42. The molecule has 0 aromatic carbocycles. The summed E-state index contributed by atoms with van der Waals surface area (Å²) in [7, 11) is 0. The SMILES string of the molecule is CCOC(CC(C)C(C=O)C(C)C)(OCC)OCC.